The molecule has 0 fully saturated rings. The van der Waals surface area contributed by atoms with E-state index in [-0.39, 0.29) is 6.42 Å². The number of hydrogen-bond acceptors (Lipinski definition) is 2. The van der Waals surface area contributed by atoms with Gasteiger partial charge in [0, 0.05) is 28.7 Å². The van der Waals surface area contributed by atoms with Crippen molar-refractivity contribution in [2.45, 2.75) is 33.1 Å². The summed E-state index contributed by atoms with van der Waals surface area (Å²) in [5, 5.41) is 8.35. The number of carbonyl (C=O) groups is 1. The molecule has 0 amide bonds. The molecule has 0 rings (SSSR count). The summed E-state index contributed by atoms with van der Waals surface area (Å²) in [6.45, 7) is 4.07. The van der Waals surface area contributed by atoms with Crippen molar-refractivity contribution in [3.05, 3.63) is 0 Å². The fourth-order valence-corrected chi connectivity index (χ4v) is 2.43. The van der Waals surface area contributed by atoms with Crippen molar-refractivity contribution in [1.29, 1.82) is 0 Å². The Morgan fingerprint density at radius 2 is 2.00 bits per heavy atom. The summed E-state index contributed by atoms with van der Waals surface area (Å²) in [6.07, 6.45) is 1.59. The van der Waals surface area contributed by atoms with Gasteiger partial charge in [0.15, 0.2) is 0 Å². The molecule has 0 bridgehead atoms. The average Bonchev–Trinajstić information content (AvgIpc) is 1.96. The zero-order chi connectivity index (χ0) is 10.3. The number of carboxylic acid groups (broad SMARTS) is 1. The van der Waals surface area contributed by atoms with Crippen molar-refractivity contribution in [3.8, 4) is 0 Å². The van der Waals surface area contributed by atoms with Crippen molar-refractivity contribution >= 4 is 16.8 Å². The van der Waals surface area contributed by atoms with Crippen LogP contribution in [-0.4, -0.2) is 26.8 Å². The third-order valence-electron chi connectivity index (χ3n) is 1.53. The SMILES string of the molecule is CC(C)CS(=O)CCCCC(=O)O. The molecule has 0 spiro atoms. The van der Waals surface area contributed by atoms with E-state index >= 15 is 0 Å². The Kier molecular flexibility index (Phi) is 6.86. The highest BCUT2D eigenvalue weighted by molar-refractivity contribution is 7.84. The topological polar surface area (TPSA) is 54.4 Å². The second-order valence-corrected chi connectivity index (χ2v) is 5.18. The smallest absolute Gasteiger partial charge is 0.303 e. The fraction of sp³-hybridized carbons (Fsp3) is 0.889. The van der Waals surface area contributed by atoms with Gasteiger partial charge in [0.25, 0.3) is 0 Å². The lowest BCUT2D eigenvalue weighted by atomic mass is 10.2. The van der Waals surface area contributed by atoms with Crippen molar-refractivity contribution in [3.63, 3.8) is 0 Å². The summed E-state index contributed by atoms with van der Waals surface area (Å²) in [6, 6.07) is 0. The summed E-state index contributed by atoms with van der Waals surface area (Å²) in [7, 11) is -0.758. The largest absolute Gasteiger partial charge is 0.481 e. The van der Waals surface area contributed by atoms with Gasteiger partial charge in [-0.05, 0) is 18.8 Å². The van der Waals surface area contributed by atoms with Crippen molar-refractivity contribution in [1.82, 2.24) is 0 Å². The fourth-order valence-electron chi connectivity index (χ4n) is 0.994. The summed E-state index contributed by atoms with van der Waals surface area (Å²) < 4.78 is 11.3. The van der Waals surface area contributed by atoms with Crippen LogP contribution in [0.2, 0.25) is 0 Å². The highest BCUT2D eigenvalue weighted by Gasteiger charge is 2.03. The van der Waals surface area contributed by atoms with Gasteiger partial charge in [-0.15, -0.1) is 0 Å². The molecule has 78 valence electrons. The molecule has 0 aromatic carbocycles. The number of carboxylic acids is 1. The molecular formula is C9H18O3S. The molecule has 0 heterocycles. The van der Waals surface area contributed by atoms with Gasteiger partial charge in [0.05, 0.1) is 0 Å². The van der Waals surface area contributed by atoms with Crippen LogP contribution < -0.4 is 0 Å². The maximum atomic E-state index is 11.3. The van der Waals surface area contributed by atoms with Gasteiger partial charge < -0.3 is 5.11 Å². The Morgan fingerprint density at radius 1 is 1.38 bits per heavy atom. The molecule has 1 unspecified atom stereocenters. The van der Waals surface area contributed by atoms with E-state index in [0.717, 1.165) is 12.2 Å². The molecule has 1 atom stereocenters. The van der Waals surface area contributed by atoms with Crippen LogP contribution >= 0.6 is 0 Å². The minimum Gasteiger partial charge on any atom is -0.481 e. The first-order valence-electron chi connectivity index (χ1n) is 4.59. The minimum atomic E-state index is -0.769. The van der Waals surface area contributed by atoms with Gasteiger partial charge in [-0.25, -0.2) is 0 Å². The van der Waals surface area contributed by atoms with Crippen LogP contribution in [0.5, 0.6) is 0 Å². The lowest BCUT2D eigenvalue weighted by Crippen LogP contribution is -2.08. The van der Waals surface area contributed by atoms with Crippen molar-refractivity contribution in [2.75, 3.05) is 11.5 Å². The Balaban J connectivity index is 3.32. The molecule has 0 aliphatic rings. The van der Waals surface area contributed by atoms with Crippen molar-refractivity contribution in [2.24, 2.45) is 5.92 Å². The van der Waals surface area contributed by atoms with Gasteiger partial charge >= 0.3 is 5.97 Å². The Hall–Kier alpha value is -0.380. The Labute approximate surface area is 82.0 Å². The van der Waals surface area contributed by atoms with Gasteiger partial charge in [-0.2, -0.15) is 0 Å². The summed E-state index contributed by atoms with van der Waals surface area (Å²) in [5.41, 5.74) is 0. The van der Waals surface area contributed by atoms with Crippen LogP contribution in [0.15, 0.2) is 0 Å². The van der Waals surface area contributed by atoms with E-state index in [1.54, 1.807) is 0 Å². The second kappa shape index (κ2) is 7.06. The number of aliphatic carboxylic acids is 1. The number of unbranched alkanes of at least 4 members (excludes halogenated alkanes) is 1. The zero-order valence-electron chi connectivity index (χ0n) is 8.28. The molecule has 1 N–H and O–H groups in total. The zero-order valence-corrected chi connectivity index (χ0v) is 9.10. The first-order valence-corrected chi connectivity index (χ1v) is 6.08. The summed E-state index contributed by atoms with van der Waals surface area (Å²) in [4.78, 5) is 10.1. The molecule has 0 aliphatic carbocycles. The Morgan fingerprint density at radius 3 is 2.46 bits per heavy atom. The van der Waals surface area contributed by atoms with Crippen LogP contribution in [0.25, 0.3) is 0 Å². The highest BCUT2D eigenvalue weighted by Crippen LogP contribution is 2.01. The van der Waals surface area contributed by atoms with E-state index in [4.69, 9.17) is 5.11 Å². The lowest BCUT2D eigenvalue weighted by molar-refractivity contribution is -0.137. The maximum Gasteiger partial charge on any atom is 0.303 e. The van der Waals surface area contributed by atoms with Crippen LogP contribution in [0, 0.1) is 5.92 Å². The van der Waals surface area contributed by atoms with E-state index in [1.807, 2.05) is 13.8 Å². The third kappa shape index (κ3) is 9.53. The quantitative estimate of drug-likeness (QED) is 0.644. The standard InChI is InChI=1S/C9H18O3S/c1-8(2)7-13(12)6-4-3-5-9(10)11/h8H,3-7H2,1-2H3,(H,10,11). The molecule has 0 aromatic rings. The van der Waals surface area contributed by atoms with Crippen molar-refractivity contribution < 1.29 is 14.1 Å². The van der Waals surface area contributed by atoms with Gasteiger partial charge in [0.2, 0.25) is 0 Å². The lowest BCUT2D eigenvalue weighted by Gasteiger charge is -2.03. The number of rotatable bonds is 7. The molecule has 0 aliphatic heterocycles. The molecule has 0 radical (unpaired) electrons. The second-order valence-electron chi connectivity index (χ2n) is 3.56. The molecule has 0 aromatic heterocycles. The molecule has 0 saturated heterocycles. The summed E-state index contributed by atoms with van der Waals surface area (Å²) >= 11 is 0. The van der Waals surface area contributed by atoms with Crippen LogP contribution in [-0.2, 0) is 15.6 Å². The first-order chi connectivity index (χ1) is 6.02. The third-order valence-corrected chi connectivity index (χ3v) is 3.31. The van der Waals surface area contributed by atoms with Gasteiger partial charge in [-0.3, -0.25) is 9.00 Å². The molecule has 0 saturated carbocycles. The first kappa shape index (κ1) is 12.6. The van der Waals surface area contributed by atoms with Crippen LogP contribution in [0.3, 0.4) is 0 Å². The summed E-state index contributed by atoms with van der Waals surface area (Å²) in [5.74, 6) is 1.06. The number of hydrogen-bond donors (Lipinski definition) is 1. The average molecular weight is 206 g/mol. The van der Waals surface area contributed by atoms with Gasteiger partial charge in [-0.1, -0.05) is 13.8 Å². The van der Waals surface area contributed by atoms with E-state index in [1.165, 1.54) is 0 Å². The molecular weight excluding hydrogens is 188 g/mol. The maximum absolute atomic E-state index is 11.3. The monoisotopic (exact) mass is 206 g/mol. The molecule has 13 heavy (non-hydrogen) atoms. The highest BCUT2D eigenvalue weighted by atomic mass is 32.2. The molecule has 4 heteroatoms. The van der Waals surface area contributed by atoms with E-state index < -0.39 is 16.8 Å². The van der Waals surface area contributed by atoms with E-state index in [0.29, 0.717) is 18.1 Å². The predicted octanol–water partition coefficient (Wildman–Crippen LogP) is 1.65. The minimum absolute atomic E-state index is 0.193. The van der Waals surface area contributed by atoms with Crippen LogP contribution in [0.4, 0.5) is 0 Å². The Bertz CT molecular complexity index is 178. The normalized spacial score (nSPS) is 13.2. The van der Waals surface area contributed by atoms with E-state index in [9.17, 15) is 9.00 Å². The predicted molar refractivity (Wildman–Crippen MR) is 54.2 cm³/mol. The van der Waals surface area contributed by atoms with Crippen LogP contribution in [0.1, 0.15) is 33.1 Å². The van der Waals surface area contributed by atoms with Gasteiger partial charge in [0.1, 0.15) is 0 Å². The molecule has 3 nitrogen and oxygen atoms in total. The van der Waals surface area contributed by atoms with E-state index in [2.05, 4.69) is 0 Å².